The average molecular weight is 357 g/mol. The number of morpholine rings is 1. The van der Waals surface area contributed by atoms with Crippen LogP contribution < -0.4 is 15.6 Å². The Hall–Kier alpha value is -2.64. The van der Waals surface area contributed by atoms with Crippen LogP contribution in [0.4, 0.5) is 5.69 Å². The second-order valence-electron chi connectivity index (χ2n) is 6.06. The minimum atomic E-state index is -0.283. The van der Waals surface area contributed by atoms with Gasteiger partial charge in [-0.15, -0.1) is 0 Å². The largest absolute Gasteiger partial charge is 0.495 e. The van der Waals surface area contributed by atoms with Crippen LogP contribution in [0.25, 0.3) is 0 Å². The molecule has 2 heterocycles. The van der Waals surface area contributed by atoms with E-state index >= 15 is 0 Å². The summed E-state index contributed by atoms with van der Waals surface area (Å²) in [5, 5.41) is 2.82. The van der Waals surface area contributed by atoms with E-state index in [1.54, 1.807) is 30.0 Å². The number of anilines is 1. The minimum Gasteiger partial charge on any atom is -0.495 e. The fraction of sp³-hybridized carbons (Fsp3) is 0.368. The molecule has 0 saturated carbocycles. The second kappa shape index (κ2) is 8.64. The van der Waals surface area contributed by atoms with Gasteiger partial charge in [0, 0.05) is 38.4 Å². The van der Waals surface area contributed by atoms with Crippen molar-refractivity contribution in [3.8, 4) is 5.75 Å². The molecule has 138 valence electrons. The highest BCUT2D eigenvalue weighted by Gasteiger charge is 2.13. The predicted octanol–water partition coefficient (Wildman–Crippen LogP) is 1.44. The van der Waals surface area contributed by atoms with Gasteiger partial charge < -0.3 is 19.4 Å². The number of carbonyl (C=O) groups excluding carboxylic acids is 1. The van der Waals surface area contributed by atoms with Crippen LogP contribution in [0.15, 0.2) is 47.4 Å². The molecule has 0 aliphatic carbocycles. The van der Waals surface area contributed by atoms with Crippen molar-refractivity contribution >= 4 is 11.6 Å². The summed E-state index contributed by atoms with van der Waals surface area (Å²) in [4.78, 5) is 26.9. The molecule has 0 unspecified atom stereocenters. The van der Waals surface area contributed by atoms with E-state index in [4.69, 9.17) is 9.47 Å². The maximum atomic E-state index is 12.5. The number of methoxy groups -OCH3 is 1. The zero-order chi connectivity index (χ0) is 18.4. The van der Waals surface area contributed by atoms with Gasteiger partial charge in [0.05, 0.1) is 31.6 Å². The molecule has 0 bridgehead atoms. The molecular formula is C19H23N3O4. The number of nitrogens with one attached hydrogen (secondary N) is 1. The van der Waals surface area contributed by atoms with E-state index in [0.29, 0.717) is 23.5 Å². The van der Waals surface area contributed by atoms with Gasteiger partial charge in [-0.1, -0.05) is 12.1 Å². The van der Waals surface area contributed by atoms with Gasteiger partial charge in [-0.25, -0.2) is 0 Å². The number of carbonyl (C=O) groups is 1. The molecule has 1 aliphatic heterocycles. The van der Waals surface area contributed by atoms with E-state index in [2.05, 4.69) is 10.2 Å². The van der Waals surface area contributed by atoms with E-state index in [1.165, 1.54) is 12.1 Å². The number of rotatable bonds is 6. The topological polar surface area (TPSA) is 72.8 Å². The number of benzene rings is 1. The zero-order valence-corrected chi connectivity index (χ0v) is 14.8. The first kappa shape index (κ1) is 18.2. The lowest BCUT2D eigenvalue weighted by molar-refractivity contribution is 0.0363. The van der Waals surface area contributed by atoms with Crippen molar-refractivity contribution in [1.82, 2.24) is 9.47 Å². The van der Waals surface area contributed by atoms with Crippen molar-refractivity contribution in [3.05, 3.63) is 58.5 Å². The number of para-hydroxylation sites is 2. The molecule has 1 aromatic heterocycles. The van der Waals surface area contributed by atoms with Gasteiger partial charge in [-0.05, 0) is 18.2 Å². The number of hydrogen-bond donors (Lipinski definition) is 1. The summed E-state index contributed by atoms with van der Waals surface area (Å²) in [7, 11) is 1.55. The molecule has 1 N–H and O–H groups in total. The average Bonchev–Trinajstić information content (AvgIpc) is 2.68. The lowest BCUT2D eigenvalue weighted by Gasteiger charge is -2.26. The third-order valence-electron chi connectivity index (χ3n) is 4.36. The highest BCUT2D eigenvalue weighted by Crippen LogP contribution is 2.23. The third-order valence-corrected chi connectivity index (χ3v) is 4.36. The van der Waals surface area contributed by atoms with Crippen LogP contribution in [0.2, 0.25) is 0 Å². The van der Waals surface area contributed by atoms with Crippen LogP contribution in [0.3, 0.4) is 0 Å². The van der Waals surface area contributed by atoms with Gasteiger partial charge in [0.1, 0.15) is 5.75 Å². The number of hydrogen-bond acceptors (Lipinski definition) is 5. The van der Waals surface area contributed by atoms with Crippen molar-refractivity contribution in [1.29, 1.82) is 0 Å². The van der Waals surface area contributed by atoms with Crippen LogP contribution >= 0.6 is 0 Å². The Morgan fingerprint density at radius 2 is 1.92 bits per heavy atom. The molecule has 7 heteroatoms. The molecule has 1 aliphatic rings. The Balaban J connectivity index is 1.69. The molecule has 2 aromatic rings. The summed E-state index contributed by atoms with van der Waals surface area (Å²) in [6.07, 6.45) is 1.60. The molecule has 1 saturated heterocycles. The number of pyridine rings is 1. The van der Waals surface area contributed by atoms with Crippen molar-refractivity contribution in [2.24, 2.45) is 0 Å². The van der Waals surface area contributed by atoms with Gasteiger partial charge in [0.2, 0.25) is 0 Å². The number of nitrogens with zero attached hydrogens (tertiary/aromatic N) is 2. The van der Waals surface area contributed by atoms with Crippen LogP contribution in [0.5, 0.6) is 5.75 Å². The monoisotopic (exact) mass is 357 g/mol. The summed E-state index contributed by atoms with van der Waals surface area (Å²) in [6, 6.07) is 10.2. The maximum absolute atomic E-state index is 12.5. The summed E-state index contributed by atoms with van der Waals surface area (Å²) in [5.74, 6) is 0.302. The van der Waals surface area contributed by atoms with Crippen molar-refractivity contribution in [2.75, 3.05) is 45.3 Å². The molecule has 0 spiro atoms. The second-order valence-corrected chi connectivity index (χ2v) is 6.06. The molecule has 1 aromatic carbocycles. The van der Waals surface area contributed by atoms with E-state index in [9.17, 15) is 9.59 Å². The van der Waals surface area contributed by atoms with Gasteiger partial charge in [-0.2, -0.15) is 0 Å². The first-order chi connectivity index (χ1) is 12.7. The number of ether oxygens (including phenoxy) is 2. The maximum Gasteiger partial charge on any atom is 0.257 e. The van der Waals surface area contributed by atoms with E-state index < -0.39 is 0 Å². The summed E-state index contributed by atoms with van der Waals surface area (Å²) >= 11 is 0. The molecule has 0 atom stereocenters. The Morgan fingerprint density at radius 1 is 1.15 bits per heavy atom. The summed E-state index contributed by atoms with van der Waals surface area (Å²) < 4.78 is 12.1. The van der Waals surface area contributed by atoms with E-state index in [1.807, 2.05) is 12.1 Å². The Labute approximate surface area is 152 Å². The highest BCUT2D eigenvalue weighted by atomic mass is 16.5. The molecule has 7 nitrogen and oxygen atoms in total. The Bertz CT molecular complexity index is 812. The van der Waals surface area contributed by atoms with Crippen molar-refractivity contribution in [3.63, 3.8) is 0 Å². The molecule has 0 radical (unpaired) electrons. The quantitative estimate of drug-likeness (QED) is 0.847. The predicted molar refractivity (Wildman–Crippen MR) is 98.9 cm³/mol. The molecular weight excluding hydrogens is 334 g/mol. The number of amides is 1. The fourth-order valence-corrected chi connectivity index (χ4v) is 2.86. The van der Waals surface area contributed by atoms with Crippen LogP contribution in [-0.2, 0) is 11.3 Å². The molecule has 26 heavy (non-hydrogen) atoms. The van der Waals surface area contributed by atoms with E-state index in [0.717, 1.165) is 32.8 Å². The lowest BCUT2D eigenvalue weighted by Crippen LogP contribution is -2.39. The molecule has 1 amide bonds. The Morgan fingerprint density at radius 3 is 2.69 bits per heavy atom. The van der Waals surface area contributed by atoms with E-state index in [-0.39, 0.29) is 11.5 Å². The smallest absolute Gasteiger partial charge is 0.257 e. The normalized spacial score (nSPS) is 14.8. The van der Waals surface area contributed by atoms with Crippen LogP contribution in [-0.4, -0.2) is 55.3 Å². The standard InChI is InChI=1S/C19H23N3O4/c1-25-17-5-3-2-4-16(17)20-19(24)15-6-7-18(23)22(14-15)9-8-21-10-12-26-13-11-21/h2-7,14H,8-13H2,1H3,(H,20,24). The van der Waals surface area contributed by atoms with Gasteiger partial charge >= 0.3 is 0 Å². The fourth-order valence-electron chi connectivity index (χ4n) is 2.86. The summed E-state index contributed by atoms with van der Waals surface area (Å²) in [5.41, 5.74) is 0.899. The van der Waals surface area contributed by atoms with Crippen molar-refractivity contribution < 1.29 is 14.3 Å². The van der Waals surface area contributed by atoms with Gasteiger partial charge in [0.25, 0.3) is 11.5 Å². The SMILES string of the molecule is COc1ccccc1NC(=O)c1ccc(=O)n(CCN2CCOCC2)c1. The van der Waals surface area contributed by atoms with Crippen molar-refractivity contribution in [2.45, 2.75) is 6.54 Å². The first-order valence-electron chi connectivity index (χ1n) is 8.62. The lowest BCUT2D eigenvalue weighted by atomic mass is 10.2. The van der Waals surface area contributed by atoms with Crippen LogP contribution in [0.1, 0.15) is 10.4 Å². The first-order valence-corrected chi connectivity index (χ1v) is 8.62. The zero-order valence-electron chi connectivity index (χ0n) is 14.8. The molecule has 3 rings (SSSR count). The van der Waals surface area contributed by atoms with Gasteiger partial charge in [0.15, 0.2) is 0 Å². The third kappa shape index (κ3) is 4.50. The van der Waals surface area contributed by atoms with Gasteiger partial charge in [-0.3, -0.25) is 14.5 Å². The minimum absolute atomic E-state index is 0.118. The Kier molecular flexibility index (Phi) is 6.04. The van der Waals surface area contributed by atoms with Crippen LogP contribution in [0, 0.1) is 0 Å². The summed E-state index contributed by atoms with van der Waals surface area (Å²) in [6.45, 7) is 4.45. The number of aromatic nitrogens is 1. The molecule has 1 fully saturated rings. The highest BCUT2D eigenvalue weighted by molar-refractivity contribution is 6.04.